The van der Waals surface area contributed by atoms with Crippen molar-refractivity contribution in [1.29, 1.82) is 0 Å². The van der Waals surface area contributed by atoms with Crippen LogP contribution in [0.15, 0.2) is 54.7 Å². The first kappa shape index (κ1) is 17.1. The lowest BCUT2D eigenvalue weighted by Crippen LogP contribution is -2.11. The molecule has 0 saturated heterocycles. The van der Waals surface area contributed by atoms with Crippen LogP contribution >= 0.6 is 0 Å². The second-order valence-corrected chi connectivity index (χ2v) is 5.89. The Morgan fingerprint density at radius 3 is 2.43 bits per heavy atom. The maximum Gasteiger partial charge on any atom is 0.248 e. The Hall–Kier alpha value is -4.34. The number of nitrogens with zero attached hydrogens (tertiary/aromatic N) is 5. The first-order valence-corrected chi connectivity index (χ1v) is 8.17. The van der Waals surface area contributed by atoms with Crippen molar-refractivity contribution in [2.45, 2.75) is 0 Å². The van der Waals surface area contributed by atoms with Crippen LogP contribution in [0.5, 0.6) is 0 Å². The molecule has 10 heteroatoms. The highest BCUT2D eigenvalue weighted by molar-refractivity contribution is 5.94. The van der Waals surface area contributed by atoms with Gasteiger partial charge in [0.15, 0.2) is 11.2 Å². The molecule has 2 aromatic carbocycles. The normalized spacial score (nSPS) is 10.7. The maximum absolute atomic E-state index is 11.4. The molecule has 10 nitrogen and oxygen atoms in total. The van der Waals surface area contributed by atoms with Crippen molar-refractivity contribution in [2.24, 2.45) is 11.5 Å². The number of nitrogens with two attached hydrogens (primary N) is 2. The van der Waals surface area contributed by atoms with Gasteiger partial charge in [0.25, 0.3) is 0 Å². The number of hydrogen-bond donors (Lipinski definition) is 3. The van der Waals surface area contributed by atoms with Crippen molar-refractivity contribution in [3.8, 4) is 5.69 Å². The van der Waals surface area contributed by atoms with E-state index in [9.17, 15) is 9.59 Å². The van der Waals surface area contributed by atoms with Crippen LogP contribution in [0, 0.1) is 0 Å². The average Bonchev–Trinajstić information content (AvgIpc) is 3.11. The van der Waals surface area contributed by atoms with E-state index < -0.39 is 11.8 Å². The molecular formula is C18H14N8O2. The molecule has 0 radical (unpaired) electrons. The fourth-order valence-corrected chi connectivity index (χ4v) is 2.63. The number of benzene rings is 2. The van der Waals surface area contributed by atoms with Gasteiger partial charge in [-0.3, -0.25) is 9.59 Å². The summed E-state index contributed by atoms with van der Waals surface area (Å²) in [5.74, 6) is -0.794. The highest BCUT2D eigenvalue weighted by atomic mass is 16.1. The summed E-state index contributed by atoms with van der Waals surface area (Å²) in [6.07, 6.45) is 1.52. The van der Waals surface area contributed by atoms with E-state index in [0.717, 1.165) is 0 Å². The standard InChI is InChI=1S/C18H14N8O2/c19-15(27)10-3-1-5-12(7-10)22-18-21-9-14-17(23-18)26(25-24-14)13-6-2-4-11(8-13)16(20)28/h1-9H,(H2,19,27)(H2,20,28)(H,21,22,23). The molecule has 4 aromatic rings. The summed E-state index contributed by atoms with van der Waals surface area (Å²) in [4.78, 5) is 31.4. The molecule has 0 unspecified atom stereocenters. The van der Waals surface area contributed by atoms with Crippen molar-refractivity contribution in [3.63, 3.8) is 0 Å². The minimum Gasteiger partial charge on any atom is -0.366 e. The predicted molar refractivity (Wildman–Crippen MR) is 101 cm³/mol. The SMILES string of the molecule is NC(=O)c1cccc(Nc2ncc3nnn(-c4cccc(C(N)=O)c4)c3n2)c1. The van der Waals surface area contributed by atoms with Gasteiger partial charge in [0.2, 0.25) is 17.8 Å². The Balaban J connectivity index is 1.72. The second kappa shape index (κ2) is 6.76. The van der Waals surface area contributed by atoms with Gasteiger partial charge in [-0.05, 0) is 36.4 Å². The Morgan fingerprint density at radius 1 is 0.964 bits per heavy atom. The van der Waals surface area contributed by atoms with Crippen molar-refractivity contribution in [1.82, 2.24) is 25.0 Å². The lowest BCUT2D eigenvalue weighted by atomic mass is 10.2. The largest absolute Gasteiger partial charge is 0.366 e. The molecule has 0 aliphatic rings. The van der Waals surface area contributed by atoms with Gasteiger partial charge >= 0.3 is 0 Å². The van der Waals surface area contributed by atoms with Crippen LogP contribution in [0.25, 0.3) is 16.9 Å². The highest BCUT2D eigenvalue weighted by Gasteiger charge is 2.12. The number of carbonyl (C=O) groups excluding carboxylic acids is 2. The molecule has 0 spiro atoms. The Bertz CT molecular complexity index is 1220. The molecule has 0 aliphatic carbocycles. The molecule has 2 aromatic heterocycles. The quantitative estimate of drug-likeness (QED) is 0.473. The molecule has 2 heterocycles. The number of anilines is 2. The van der Waals surface area contributed by atoms with Crippen LogP contribution in [0.4, 0.5) is 11.6 Å². The van der Waals surface area contributed by atoms with Crippen LogP contribution in [0.3, 0.4) is 0 Å². The Morgan fingerprint density at radius 2 is 1.68 bits per heavy atom. The van der Waals surface area contributed by atoms with Gasteiger partial charge in [-0.15, -0.1) is 5.10 Å². The Kier molecular flexibility index (Phi) is 4.13. The van der Waals surface area contributed by atoms with Gasteiger partial charge < -0.3 is 16.8 Å². The van der Waals surface area contributed by atoms with Crippen molar-refractivity contribution < 1.29 is 9.59 Å². The van der Waals surface area contributed by atoms with Gasteiger partial charge in [-0.2, -0.15) is 9.67 Å². The molecule has 4 rings (SSSR count). The van der Waals surface area contributed by atoms with Crippen molar-refractivity contribution in [2.75, 3.05) is 5.32 Å². The average molecular weight is 374 g/mol. The number of aromatic nitrogens is 5. The zero-order valence-electron chi connectivity index (χ0n) is 14.4. The fourth-order valence-electron chi connectivity index (χ4n) is 2.63. The lowest BCUT2D eigenvalue weighted by Gasteiger charge is -2.07. The molecule has 5 N–H and O–H groups in total. The molecular weight excluding hydrogens is 360 g/mol. The van der Waals surface area contributed by atoms with Crippen molar-refractivity contribution in [3.05, 3.63) is 65.9 Å². The van der Waals surface area contributed by atoms with Crippen molar-refractivity contribution >= 4 is 34.6 Å². The minimum absolute atomic E-state index is 0.281. The summed E-state index contributed by atoms with van der Waals surface area (Å²) in [5.41, 5.74) is 13.4. The number of carbonyl (C=O) groups is 2. The summed E-state index contributed by atoms with van der Waals surface area (Å²) in [7, 11) is 0. The third-order valence-corrected chi connectivity index (χ3v) is 3.97. The number of nitrogens with one attached hydrogen (secondary N) is 1. The van der Waals surface area contributed by atoms with Gasteiger partial charge in [0.1, 0.15) is 0 Å². The van der Waals surface area contributed by atoms with E-state index in [0.29, 0.717) is 33.7 Å². The van der Waals surface area contributed by atoms with E-state index in [4.69, 9.17) is 11.5 Å². The molecule has 0 aliphatic heterocycles. The topological polar surface area (TPSA) is 155 Å². The summed E-state index contributed by atoms with van der Waals surface area (Å²) >= 11 is 0. The third kappa shape index (κ3) is 3.21. The van der Waals surface area contributed by atoms with E-state index in [1.807, 2.05) is 0 Å². The summed E-state index contributed by atoms with van der Waals surface area (Å²) in [6, 6.07) is 13.3. The number of hydrogen-bond acceptors (Lipinski definition) is 7. The van der Waals surface area contributed by atoms with Gasteiger partial charge in [0, 0.05) is 16.8 Å². The number of primary amides is 2. The summed E-state index contributed by atoms with van der Waals surface area (Å²) in [5, 5.41) is 11.1. The molecule has 0 bridgehead atoms. The third-order valence-electron chi connectivity index (χ3n) is 3.97. The molecule has 2 amide bonds. The fraction of sp³-hybridized carbons (Fsp3) is 0. The van der Waals surface area contributed by atoms with Gasteiger partial charge in [-0.1, -0.05) is 17.3 Å². The molecule has 0 fully saturated rings. The monoisotopic (exact) mass is 374 g/mol. The van der Waals surface area contributed by atoms with E-state index >= 15 is 0 Å². The first-order chi connectivity index (χ1) is 13.5. The molecule has 138 valence electrons. The molecule has 0 saturated carbocycles. The summed E-state index contributed by atoms with van der Waals surface area (Å²) < 4.78 is 1.48. The van der Waals surface area contributed by atoms with Crippen LogP contribution in [0.1, 0.15) is 20.7 Å². The predicted octanol–water partition coefficient (Wildman–Crippen LogP) is 1.15. The van der Waals surface area contributed by atoms with Gasteiger partial charge in [-0.25, -0.2) is 4.98 Å². The van der Waals surface area contributed by atoms with Crippen LogP contribution in [-0.2, 0) is 0 Å². The maximum atomic E-state index is 11.4. The van der Waals surface area contributed by atoms with E-state index in [1.54, 1.807) is 48.5 Å². The first-order valence-electron chi connectivity index (χ1n) is 8.17. The minimum atomic E-state index is -0.544. The summed E-state index contributed by atoms with van der Waals surface area (Å²) in [6.45, 7) is 0. The lowest BCUT2D eigenvalue weighted by molar-refractivity contribution is 0.0992. The highest BCUT2D eigenvalue weighted by Crippen LogP contribution is 2.19. The molecule has 0 atom stereocenters. The van der Waals surface area contributed by atoms with Gasteiger partial charge in [0.05, 0.1) is 11.9 Å². The van der Waals surface area contributed by atoms with Crippen LogP contribution in [-0.4, -0.2) is 36.8 Å². The van der Waals surface area contributed by atoms with E-state index in [1.165, 1.54) is 10.9 Å². The zero-order chi connectivity index (χ0) is 19.7. The molecule has 28 heavy (non-hydrogen) atoms. The van der Waals surface area contributed by atoms with E-state index in [2.05, 4.69) is 25.6 Å². The number of rotatable bonds is 5. The van der Waals surface area contributed by atoms with Crippen LogP contribution in [0.2, 0.25) is 0 Å². The smallest absolute Gasteiger partial charge is 0.248 e. The zero-order valence-corrected chi connectivity index (χ0v) is 14.4. The number of fused-ring (bicyclic) bond motifs is 1. The van der Waals surface area contributed by atoms with E-state index in [-0.39, 0.29) is 5.95 Å². The Labute approximate surface area is 158 Å². The van der Waals surface area contributed by atoms with Crippen LogP contribution < -0.4 is 16.8 Å². The second-order valence-electron chi connectivity index (χ2n) is 5.89. The number of amides is 2.